The number of rotatable bonds is 10. The molecule has 38 heavy (non-hydrogen) atoms. The molecule has 3 aromatic carbocycles. The first-order valence-corrected chi connectivity index (χ1v) is 13.4. The maximum Gasteiger partial charge on any atom is 0.293 e. The Morgan fingerprint density at radius 3 is 2.11 bits per heavy atom. The summed E-state index contributed by atoms with van der Waals surface area (Å²) in [4.78, 5) is 26.9. The summed E-state index contributed by atoms with van der Waals surface area (Å²) in [5.41, 5.74) is 3.22. The van der Waals surface area contributed by atoms with Crippen molar-refractivity contribution in [3.8, 4) is 17.2 Å². The molecule has 4 rings (SSSR count). The minimum Gasteiger partial charge on any atom is -0.492 e. The number of aryl methyl sites for hydroxylation is 1. The van der Waals surface area contributed by atoms with Crippen LogP contribution in [0.15, 0.2) is 77.7 Å². The molecule has 0 radical (unpaired) electrons. The molecule has 1 aliphatic heterocycles. The van der Waals surface area contributed by atoms with Gasteiger partial charge in [0.25, 0.3) is 11.1 Å². The molecule has 1 aliphatic rings. The molecule has 2 amide bonds. The fraction of sp³-hybridized carbons (Fsp3) is 0.290. The van der Waals surface area contributed by atoms with Gasteiger partial charge in [-0.25, -0.2) is 0 Å². The van der Waals surface area contributed by atoms with Crippen LogP contribution in [0, 0.1) is 6.92 Å². The van der Waals surface area contributed by atoms with Crippen molar-refractivity contribution in [1.82, 2.24) is 4.90 Å². The molecule has 1 heterocycles. The van der Waals surface area contributed by atoms with Crippen LogP contribution in [0.3, 0.4) is 0 Å². The topological polar surface area (TPSA) is 65.1 Å². The average molecular weight is 532 g/mol. The van der Waals surface area contributed by atoms with Gasteiger partial charge in [0.15, 0.2) is 0 Å². The summed E-state index contributed by atoms with van der Waals surface area (Å²) in [5, 5.41) is -0.297. The first-order chi connectivity index (χ1) is 18.2. The van der Waals surface area contributed by atoms with Crippen LogP contribution >= 0.6 is 11.8 Å². The highest BCUT2D eigenvalue weighted by atomic mass is 32.2. The van der Waals surface area contributed by atoms with Crippen molar-refractivity contribution < 1.29 is 23.8 Å². The quantitative estimate of drug-likeness (QED) is 0.210. The Bertz CT molecular complexity index is 1310. The lowest BCUT2D eigenvalue weighted by atomic mass is 9.87. The Labute approximate surface area is 228 Å². The van der Waals surface area contributed by atoms with Crippen molar-refractivity contribution in [2.24, 2.45) is 0 Å². The van der Waals surface area contributed by atoms with Crippen molar-refractivity contribution in [2.75, 3.05) is 26.4 Å². The van der Waals surface area contributed by atoms with Gasteiger partial charge in [0.2, 0.25) is 0 Å². The van der Waals surface area contributed by atoms with Crippen LogP contribution in [0.5, 0.6) is 17.2 Å². The van der Waals surface area contributed by atoms with E-state index in [2.05, 4.69) is 32.9 Å². The van der Waals surface area contributed by atoms with Crippen molar-refractivity contribution in [3.05, 3.63) is 94.4 Å². The van der Waals surface area contributed by atoms with Gasteiger partial charge in [-0.1, -0.05) is 57.2 Å². The largest absolute Gasteiger partial charge is 0.492 e. The fourth-order valence-electron chi connectivity index (χ4n) is 3.87. The van der Waals surface area contributed by atoms with Crippen LogP contribution in [-0.4, -0.2) is 42.4 Å². The van der Waals surface area contributed by atoms with Crippen LogP contribution in [0.4, 0.5) is 4.79 Å². The van der Waals surface area contributed by atoms with Crippen LogP contribution in [0.1, 0.15) is 37.5 Å². The molecule has 0 aliphatic carbocycles. The zero-order valence-electron chi connectivity index (χ0n) is 22.2. The third-order valence-corrected chi connectivity index (χ3v) is 6.85. The van der Waals surface area contributed by atoms with Crippen LogP contribution in [-0.2, 0) is 10.2 Å². The molecular weight excluding hydrogens is 498 g/mol. The third-order valence-electron chi connectivity index (χ3n) is 5.94. The number of hydrogen-bond acceptors (Lipinski definition) is 6. The number of hydrogen-bond donors (Lipinski definition) is 0. The molecule has 1 saturated heterocycles. The van der Waals surface area contributed by atoms with Crippen molar-refractivity contribution in [1.29, 1.82) is 0 Å². The summed E-state index contributed by atoms with van der Waals surface area (Å²) in [5.74, 6) is 1.87. The fourth-order valence-corrected chi connectivity index (χ4v) is 4.73. The molecule has 0 spiro atoms. The third kappa shape index (κ3) is 7.42. The standard InChI is InChI=1S/C31H33NO5S/c1-22-7-5-9-26(19-22)35-16-15-32-29(33)28(38-30(32)34)21-23-8-6-10-27(20-23)37-18-17-36-25-13-11-24(12-14-25)31(2,3)4/h5-14,19-21H,15-18H2,1-4H3/b28-21-. The van der Waals surface area contributed by atoms with Crippen LogP contribution in [0.25, 0.3) is 6.08 Å². The molecule has 0 aromatic heterocycles. The average Bonchev–Trinajstić information content (AvgIpc) is 3.14. The SMILES string of the molecule is Cc1cccc(OCCN2C(=O)S/C(=C\c3cccc(OCCOc4ccc(C(C)(C)C)cc4)c3)C2=O)c1. The summed E-state index contributed by atoms with van der Waals surface area (Å²) in [6.45, 7) is 9.73. The second kappa shape index (κ2) is 12.2. The predicted molar refractivity (Wildman–Crippen MR) is 152 cm³/mol. The zero-order valence-corrected chi connectivity index (χ0v) is 23.0. The summed E-state index contributed by atoms with van der Waals surface area (Å²) in [7, 11) is 0. The van der Waals surface area contributed by atoms with Gasteiger partial charge in [-0.15, -0.1) is 0 Å². The molecule has 0 bridgehead atoms. The van der Waals surface area contributed by atoms with Gasteiger partial charge < -0.3 is 14.2 Å². The molecule has 1 fully saturated rings. The minimum atomic E-state index is -0.315. The lowest BCUT2D eigenvalue weighted by Crippen LogP contribution is -2.32. The number of amides is 2. The van der Waals surface area contributed by atoms with E-state index in [4.69, 9.17) is 14.2 Å². The second-order valence-electron chi connectivity index (χ2n) is 10.0. The number of thioether (sulfide) groups is 1. The summed E-state index contributed by atoms with van der Waals surface area (Å²) in [6.07, 6.45) is 1.71. The van der Waals surface area contributed by atoms with Crippen molar-refractivity contribution >= 4 is 29.0 Å². The smallest absolute Gasteiger partial charge is 0.293 e. The number of carbonyl (C=O) groups excluding carboxylic acids is 2. The normalized spacial score (nSPS) is 14.7. The van der Waals surface area contributed by atoms with Gasteiger partial charge in [0, 0.05) is 0 Å². The Balaban J connectivity index is 1.27. The number of benzene rings is 3. The molecule has 198 valence electrons. The number of nitrogens with zero attached hydrogens (tertiary/aromatic N) is 1. The zero-order chi connectivity index (χ0) is 27.1. The van der Waals surface area contributed by atoms with Gasteiger partial charge in [0.05, 0.1) is 11.4 Å². The Kier molecular flexibility index (Phi) is 8.79. The van der Waals surface area contributed by atoms with E-state index in [1.807, 2.05) is 67.6 Å². The van der Waals surface area contributed by atoms with Gasteiger partial charge >= 0.3 is 0 Å². The first kappa shape index (κ1) is 27.3. The summed E-state index contributed by atoms with van der Waals surface area (Å²) in [6, 6.07) is 23.2. The number of imide groups is 1. The molecule has 0 N–H and O–H groups in total. The first-order valence-electron chi connectivity index (χ1n) is 12.6. The van der Waals surface area contributed by atoms with E-state index < -0.39 is 0 Å². The molecular formula is C31H33NO5S. The maximum atomic E-state index is 12.8. The van der Waals surface area contributed by atoms with Gasteiger partial charge in [-0.2, -0.15) is 0 Å². The van der Waals surface area contributed by atoms with E-state index in [0.29, 0.717) is 29.6 Å². The van der Waals surface area contributed by atoms with E-state index in [1.54, 1.807) is 6.08 Å². The molecule has 0 atom stereocenters. The highest BCUT2D eigenvalue weighted by Gasteiger charge is 2.34. The maximum absolute atomic E-state index is 12.8. The predicted octanol–water partition coefficient (Wildman–Crippen LogP) is 6.87. The highest BCUT2D eigenvalue weighted by Crippen LogP contribution is 2.32. The summed E-state index contributed by atoms with van der Waals surface area (Å²) >= 11 is 0.935. The molecule has 6 nitrogen and oxygen atoms in total. The van der Waals surface area contributed by atoms with E-state index in [-0.39, 0.29) is 29.7 Å². The molecule has 7 heteroatoms. The van der Waals surface area contributed by atoms with Gasteiger partial charge in [0.1, 0.15) is 37.1 Å². The lowest BCUT2D eigenvalue weighted by molar-refractivity contribution is -0.123. The summed E-state index contributed by atoms with van der Waals surface area (Å²) < 4.78 is 17.3. The van der Waals surface area contributed by atoms with E-state index >= 15 is 0 Å². The van der Waals surface area contributed by atoms with E-state index in [0.717, 1.165) is 28.6 Å². The molecule has 0 unspecified atom stereocenters. The molecule has 3 aromatic rings. The van der Waals surface area contributed by atoms with Gasteiger partial charge in [-0.3, -0.25) is 14.5 Å². The Hall–Kier alpha value is -3.71. The number of carbonyl (C=O) groups is 2. The van der Waals surface area contributed by atoms with Crippen LogP contribution in [0.2, 0.25) is 0 Å². The monoisotopic (exact) mass is 531 g/mol. The van der Waals surface area contributed by atoms with Crippen molar-refractivity contribution in [3.63, 3.8) is 0 Å². The number of ether oxygens (including phenoxy) is 3. The van der Waals surface area contributed by atoms with E-state index in [1.165, 1.54) is 10.5 Å². The lowest BCUT2D eigenvalue weighted by Gasteiger charge is -2.19. The van der Waals surface area contributed by atoms with Crippen molar-refractivity contribution in [2.45, 2.75) is 33.1 Å². The Morgan fingerprint density at radius 1 is 0.789 bits per heavy atom. The minimum absolute atomic E-state index is 0.102. The molecule has 0 saturated carbocycles. The second-order valence-corrected chi connectivity index (χ2v) is 11.0. The van der Waals surface area contributed by atoms with Gasteiger partial charge in [-0.05, 0) is 83.3 Å². The van der Waals surface area contributed by atoms with E-state index in [9.17, 15) is 9.59 Å². The highest BCUT2D eigenvalue weighted by molar-refractivity contribution is 8.18. The Morgan fingerprint density at radius 2 is 1.42 bits per heavy atom. The van der Waals surface area contributed by atoms with Crippen LogP contribution < -0.4 is 14.2 Å².